The van der Waals surface area contributed by atoms with E-state index < -0.39 is 12.1 Å². The molecule has 2 aromatic rings. The van der Waals surface area contributed by atoms with Gasteiger partial charge >= 0.3 is 12.1 Å². The molecule has 2 aromatic heterocycles. The molecule has 0 unspecified atom stereocenters. The van der Waals surface area contributed by atoms with Crippen LogP contribution in [-0.2, 0) is 42.8 Å². The zero-order chi connectivity index (χ0) is 21.0. The predicted molar refractivity (Wildman–Crippen MR) is 93.4 cm³/mol. The number of carboxylic acids is 1. The number of nitrogens with zero attached hydrogens (tertiary/aromatic N) is 6. The van der Waals surface area contributed by atoms with Crippen LogP contribution in [0.4, 0.5) is 13.2 Å². The molecule has 0 saturated heterocycles. The van der Waals surface area contributed by atoms with Crippen molar-refractivity contribution in [2.24, 2.45) is 13.0 Å². The van der Waals surface area contributed by atoms with E-state index in [9.17, 15) is 13.2 Å². The third kappa shape index (κ3) is 6.26. The highest BCUT2D eigenvalue weighted by Crippen LogP contribution is 2.29. The second-order valence-corrected chi connectivity index (χ2v) is 7.18. The minimum Gasteiger partial charge on any atom is -0.475 e. The SMILES string of the molecule is Cn1cc(CN2CCn3c(COCC4CC4)nnc3C2)cn1.O=C(O)C(F)(F)F. The summed E-state index contributed by atoms with van der Waals surface area (Å²) in [5, 5.41) is 20.0. The maximum absolute atomic E-state index is 10.6. The molecule has 0 spiro atoms. The number of ether oxygens (including phenoxy) is 1. The highest BCUT2D eigenvalue weighted by atomic mass is 19.4. The largest absolute Gasteiger partial charge is 0.490 e. The summed E-state index contributed by atoms with van der Waals surface area (Å²) < 4.78 is 41.5. The Bertz CT molecular complexity index is 831. The zero-order valence-corrected chi connectivity index (χ0v) is 16.0. The second-order valence-electron chi connectivity index (χ2n) is 7.18. The van der Waals surface area contributed by atoms with Crippen molar-refractivity contribution in [2.75, 3.05) is 13.2 Å². The maximum atomic E-state index is 10.6. The first kappa shape index (κ1) is 21.2. The van der Waals surface area contributed by atoms with E-state index in [4.69, 9.17) is 14.6 Å². The van der Waals surface area contributed by atoms with Crippen LogP contribution >= 0.6 is 0 Å². The van der Waals surface area contributed by atoms with Crippen molar-refractivity contribution in [1.29, 1.82) is 0 Å². The molecule has 9 nitrogen and oxygen atoms in total. The van der Waals surface area contributed by atoms with Gasteiger partial charge in [-0.05, 0) is 18.8 Å². The first-order chi connectivity index (χ1) is 13.7. The topological polar surface area (TPSA) is 98.3 Å². The average molecular weight is 416 g/mol. The summed E-state index contributed by atoms with van der Waals surface area (Å²) in [6.45, 7) is 5.15. The Morgan fingerprint density at radius 1 is 1.31 bits per heavy atom. The molecule has 0 bridgehead atoms. The molecule has 1 aliphatic heterocycles. The van der Waals surface area contributed by atoms with E-state index in [2.05, 4.69) is 31.0 Å². The fourth-order valence-corrected chi connectivity index (χ4v) is 2.92. The average Bonchev–Trinajstić information content (AvgIpc) is 3.25. The quantitative estimate of drug-likeness (QED) is 0.764. The molecular formula is C17H23F3N6O3. The molecule has 0 amide bonds. The number of halogens is 3. The number of alkyl halides is 3. The number of aromatic nitrogens is 5. The van der Waals surface area contributed by atoms with Gasteiger partial charge in [0.1, 0.15) is 12.4 Å². The fourth-order valence-electron chi connectivity index (χ4n) is 2.92. The van der Waals surface area contributed by atoms with Crippen molar-refractivity contribution in [3.05, 3.63) is 29.6 Å². The van der Waals surface area contributed by atoms with E-state index in [1.165, 1.54) is 18.4 Å². The van der Waals surface area contributed by atoms with Gasteiger partial charge in [0, 0.05) is 45.0 Å². The van der Waals surface area contributed by atoms with Crippen molar-refractivity contribution in [2.45, 2.75) is 45.3 Å². The smallest absolute Gasteiger partial charge is 0.475 e. The van der Waals surface area contributed by atoms with E-state index in [1.807, 2.05) is 17.9 Å². The van der Waals surface area contributed by atoms with Crippen molar-refractivity contribution in [1.82, 2.24) is 29.4 Å². The predicted octanol–water partition coefficient (Wildman–Crippen LogP) is 1.59. The van der Waals surface area contributed by atoms with Gasteiger partial charge in [0.15, 0.2) is 5.82 Å². The Balaban J connectivity index is 0.000000298. The third-order valence-corrected chi connectivity index (χ3v) is 4.60. The Hall–Kier alpha value is -2.47. The van der Waals surface area contributed by atoms with Crippen molar-refractivity contribution < 1.29 is 27.8 Å². The zero-order valence-electron chi connectivity index (χ0n) is 16.0. The number of aryl methyl sites for hydroxylation is 1. The lowest BCUT2D eigenvalue weighted by atomic mass is 10.3. The van der Waals surface area contributed by atoms with E-state index in [0.29, 0.717) is 6.61 Å². The molecule has 3 heterocycles. The minimum atomic E-state index is -5.08. The number of rotatable bonds is 6. The van der Waals surface area contributed by atoms with Crippen LogP contribution in [0.25, 0.3) is 0 Å². The molecule has 0 aromatic carbocycles. The molecule has 2 aliphatic rings. The van der Waals surface area contributed by atoms with Gasteiger partial charge in [-0.2, -0.15) is 18.3 Å². The van der Waals surface area contributed by atoms with Gasteiger partial charge in [-0.15, -0.1) is 10.2 Å². The van der Waals surface area contributed by atoms with Crippen LogP contribution in [-0.4, -0.2) is 59.8 Å². The van der Waals surface area contributed by atoms with E-state index >= 15 is 0 Å². The van der Waals surface area contributed by atoms with Crippen LogP contribution in [0.5, 0.6) is 0 Å². The van der Waals surface area contributed by atoms with Crippen molar-refractivity contribution in [3.8, 4) is 0 Å². The number of hydrogen-bond donors (Lipinski definition) is 1. The lowest BCUT2D eigenvalue weighted by Crippen LogP contribution is -2.34. The molecule has 1 N–H and O–H groups in total. The van der Waals surface area contributed by atoms with Crippen LogP contribution in [0.1, 0.15) is 30.1 Å². The second kappa shape index (κ2) is 8.91. The fraction of sp³-hybridized carbons (Fsp3) is 0.647. The molecule has 0 atom stereocenters. The monoisotopic (exact) mass is 416 g/mol. The number of carbonyl (C=O) groups is 1. The molecule has 29 heavy (non-hydrogen) atoms. The lowest BCUT2D eigenvalue weighted by molar-refractivity contribution is -0.192. The molecule has 1 aliphatic carbocycles. The molecule has 160 valence electrons. The van der Waals surface area contributed by atoms with Crippen LogP contribution in [0.2, 0.25) is 0 Å². The first-order valence-electron chi connectivity index (χ1n) is 9.21. The van der Waals surface area contributed by atoms with Crippen LogP contribution < -0.4 is 0 Å². The van der Waals surface area contributed by atoms with Gasteiger partial charge in [-0.25, -0.2) is 4.79 Å². The lowest BCUT2D eigenvalue weighted by Gasteiger charge is -2.27. The highest BCUT2D eigenvalue weighted by molar-refractivity contribution is 5.73. The molecule has 1 fully saturated rings. The summed E-state index contributed by atoms with van der Waals surface area (Å²) in [4.78, 5) is 11.3. The summed E-state index contributed by atoms with van der Waals surface area (Å²) in [5.74, 6) is 0.0445. The van der Waals surface area contributed by atoms with Crippen molar-refractivity contribution >= 4 is 5.97 Å². The molecule has 0 radical (unpaired) electrons. The van der Waals surface area contributed by atoms with Crippen LogP contribution in [0.15, 0.2) is 12.4 Å². The van der Waals surface area contributed by atoms with Crippen LogP contribution in [0.3, 0.4) is 0 Å². The van der Waals surface area contributed by atoms with E-state index in [0.717, 1.165) is 50.4 Å². The van der Waals surface area contributed by atoms with E-state index in [1.54, 1.807) is 0 Å². The van der Waals surface area contributed by atoms with Gasteiger partial charge in [-0.3, -0.25) is 9.58 Å². The number of hydrogen-bond acceptors (Lipinski definition) is 6. The Morgan fingerprint density at radius 3 is 2.62 bits per heavy atom. The summed E-state index contributed by atoms with van der Waals surface area (Å²) >= 11 is 0. The standard InChI is InChI=1S/C15H22N6O.C2HF3O2/c1-19-7-13(6-16-19)8-20-4-5-21-14(9-20)17-18-15(21)11-22-10-12-2-3-12;3-2(4,5)1(6)7/h6-7,12H,2-5,8-11H2,1H3;(H,6,7). The Labute approximate surface area is 165 Å². The summed E-state index contributed by atoms with van der Waals surface area (Å²) in [7, 11) is 1.95. The minimum absolute atomic E-state index is 0.589. The number of fused-ring (bicyclic) bond motifs is 1. The first-order valence-corrected chi connectivity index (χ1v) is 9.21. The molecule has 12 heteroatoms. The third-order valence-electron chi connectivity index (χ3n) is 4.60. The number of aliphatic carboxylic acids is 1. The van der Waals surface area contributed by atoms with Crippen molar-refractivity contribution in [3.63, 3.8) is 0 Å². The normalized spacial score (nSPS) is 16.8. The Morgan fingerprint density at radius 2 is 2.03 bits per heavy atom. The van der Waals surface area contributed by atoms with Gasteiger partial charge in [0.05, 0.1) is 12.7 Å². The van der Waals surface area contributed by atoms with Gasteiger partial charge in [-0.1, -0.05) is 0 Å². The molecule has 1 saturated carbocycles. The summed E-state index contributed by atoms with van der Waals surface area (Å²) in [6, 6.07) is 0. The summed E-state index contributed by atoms with van der Waals surface area (Å²) in [5.41, 5.74) is 1.24. The summed E-state index contributed by atoms with van der Waals surface area (Å²) in [6.07, 6.45) is 1.55. The van der Waals surface area contributed by atoms with Gasteiger partial charge < -0.3 is 14.4 Å². The van der Waals surface area contributed by atoms with Crippen LogP contribution in [0, 0.1) is 5.92 Å². The maximum Gasteiger partial charge on any atom is 0.490 e. The van der Waals surface area contributed by atoms with E-state index in [-0.39, 0.29) is 0 Å². The van der Waals surface area contributed by atoms with Gasteiger partial charge in [0.25, 0.3) is 0 Å². The molecule has 4 rings (SSSR count). The number of carboxylic acid groups (broad SMARTS) is 1. The molecular weight excluding hydrogens is 393 g/mol. The highest BCUT2D eigenvalue weighted by Gasteiger charge is 2.38. The Kier molecular flexibility index (Phi) is 6.52. The van der Waals surface area contributed by atoms with Gasteiger partial charge in [0.2, 0.25) is 0 Å².